The Morgan fingerprint density at radius 2 is 1.76 bits per heavy atom. The van der Waals surface area contributed by atoms with E-state index in [0.717, 1.165) is 12.8 Å². The molecule has 0 heterocycles. The Morgan fingerprint density at radius 1 is 1.18 bits per heavy atom. The first-order valence-electron chi connectivity index (χ1n) is 6.79. The van der Waals surface area contributed by atoms with Crippen LogP contribution >= 0.6 is 0 Å². The third-order valence-electron chi connectivity index (χ3n) is 5.53. The molecule has 0 aliphatic heterocycles. The monoisotopic (exact) mass is 250 g/mol. The molecule has 0 amide bonds. The lowest BCUT2D eigenvalue weighted by molar-refractivity contribution is -0.0432. The van der Waals surface area contributed by atoms with Crippen LogP contribution in [0.2, 0.25) is 19.6 Å². The zero-order valence-electron chi connectivity index (χ0n) is 12.1. The van der Waals surface area contributed by atoms with Crippen molar-refractivity contribution in [2.45, 2.75) is 65.3 Å². The number of fused-ring (bicyclic) bond motifs is 2. The van der Waals surface area contributed by atoms with Crippen molar-refractivity contribution < 1.29 is 5.11 Å². The predicted octanol–water partition coefficient (Wildman–Crippen LogP) is 3.44. The van der Waals surface area contributed by atoms with Crippen LogP contribution in [0.5, 0.6) is 0 Å². The molecule has 2 heteroatoms. The minimum Gasteiger partial charge on any atom is -0.377 e. The molecule has 17 heavy (non-hydrogen) atoms. The molecule has 1 nitrogen and oxygen atoms in total. The molecule has 2 bridgehead atoms. The van der Waals surface area contributed by atoms with E-state index in [0.29, 0.717) is 5.92 Å². The maximum absolute atomic E-state index is 11.0. The quantitative estimate of drug-likeness (QED) is 0.516. The lowest BCUT2D eigenvalue weighted by Gasteiger charge is -2.42. The van der Waals surface area contributed by atoms with Crippen molar-refractivity contribution in [3.63, 3.8) is 0 Å². The first-order valence-corrected chi connectivity index (χ1v) is 10.3. The fourth-order valence-corrected chi connectivity index (χ4v) is 4.34. The fourth-order valence-electron chi connectivity index (χ4n) is 3.76. The molecule has 2 aliphatic carbocycles. The van der Waals surface area contributed by atoms with Gasteiger partial charge in [-0.25, -0.2) is 0 Å². The summed E-state index contributed by atoms with van der Waals surface area (Å²) in [5.74, 6) is 3.94. The molecule has 0 spiro atoms. The minimum atomic E-state index is -1.40. The number of rotatable bonds is 0. The van der Waals surface area contributed by atoms with Gasteiger partial charge in [0.1, 0.15) is 13.7 Å². The molecular formula is C15H26OSi. The summed E-state index contributed by atoms with van der Waals surface area (Å²) in [6.45, 7) is 13.6. The molecule has 0 aromatic heterocycles. The molecule has 1 N–H and O–H groups in total. The van der Waals surface area contributed by atoms with Gasteiger partial charge in [-0.2, -0.15) is 0 Å². The van der Waals surface area contributed by atoms with Gasteiger partial charge >= 0.3 is 0 Å². The standard InChI is InChI=1S/C15H26OSi/c1-13(2)12-7-8-14(13,3)15(16,11-12)9-10-17(4,5)6/h12,16H,7-8,11H2,1-6H3. The van der Waals surface area contributed by atoms with Crippen molar-refractivity contribution in [3.8, 4) is 11.5 Å². The van der Waals surface area contributed by atoms with E-state index in [1.807, 2.05) is 0 Å². The largest absolute Gasteiger partial charge is 0.377 e. The fraction of sp³-hybridized carbons (Fsp3) is 0.867. The van der Waals surface area contributed by atoms with Crippen LogP contribution < -0.4 is 0 Å². The van der Waals surface area contributed by atoms with E-state index in [1.165, 1.54) is 6.42 Å². The van der Waals surface area contributed by atoms with Gasteiger partial charge in [-0.15, -0.1) is 5.54 Å². The van der Waals surface area contributed by atoms with Gasteiger partial charge in [0.25, 0.3) is 0 Å². The lowest BCUT2D eigenvalue weighted by atomic mass is 9.65. The van der Waals surface area contributed by atoms with E-state index in [-0.39, 0.29) is 10.8 Å². The summed E-state index contributed by atoms with van der Waals surface area (Å²) < 4.78 is 0. The zero-order chi connectivity index (χ0) is 13.1. The van der Waals surface area contributed by atoms with Crippen molar-refractivity contribution in [3.05, 3.63) is 0 Å². The Kier molecular flexibility index (Phi) is 2.63. The molecule has 96 valence electrons. The molecule has 0 radical (unpaired) electrons. The van der Waals surface area contributed by atoms with E-state index in [1.54, 1.807) is 0 Å². The minimum absolute atomic E-state index is 0.0166. The van der Waals surface area contributed by atoms with Gasteiger partial charge in [-0.1, -0.05) is 46.3 Å². The van der Waals surface area contributed by atoms with Gasteiger partial charge < -0.3 is 5.11 Å². The number of hydrogen-bond acceptors (Lipinski definition) is 1. The van der Waals surface area contributed by atoms with E-state index >= 15 is 0 Å². The van der Waals surface area contributed by atoms with Crippen LogP contribution in [0.15, 0.2) is 0 Å². The van der Waals surface area contributed by atoms with Gasteiger partial charge in [0, 0.05) is 5.41 Å². The average Bonchev–Trinajstić information content (AvgIpc) is 2.46. The van der Waals surface area contributed by atoms with Crippen LogP contribution in [0.1, 0.15) is 40.0 Å². The predicted molar refractivity (Wildman–Crippen MR) is 75.3 cm³/mol. The highest BCUT2D eigenvalue weighted by Crippen LogP contribution is 2.69. The van der Waals surface area contributed by atoms with Crippen molar-refractivity contribution in [1.82, 2.24) is 0 Å². The maximum atomic E-state index is 11.0. The van der Waals surface area contributed by atoms with Crippen molar-refractivity contribution >= 4 is 8.07 Å². The van der Waals surface area contributed by atoms with Gasteiger partial charge in [-0.05, 0) is 30.6 Å². The summed E-state index contributed by atoms with van der Waals surface area (Å²) in [6, 6.07) is 0. The third kappa shape index (κ3) is 1.70. The lowest BCUT2D eigenvalue weighted by Crippen LogP contribution is -2.46. The van der Waals surface area contributed by atoms with Crippen molar-refractivity contribution in [2.75, 3.05) is 0 Å². The Morgan fingerprint density at radius 3 is 2.12 bits per heavy atom. The summed E-state index contributed by atoms with van der Waals surface area (Å²) in [5, 5.41) is 11.0. The SMILES string of the molecule is CC1(C)C2CCC1(C)C(O)(C#C[Si](C)(C)C)C2. The molecule has 3 unspecified atom stereocenters. The highest BCUT2D eigenvalue weighted by Gasteiger charge is 2.68. The Bertz CT molecular complexity index is 395. The molecule has 2 aliphatic rings. The zero-order valence-corrected chi connectivity index (χ0v) is 13.1. The van der Waals surface area contributed by atoms with Crippen molar-refractivity contribution in [2.24, 2.45) is 16.7 Å². The highest BCUT2D eigenvalue weighted by atomic mass is 28.3. The molecule has 0 aromatic carbocycles. The maximum Gasteiger partial charge on any atom is 0.131 e. The first kappa shape index (κ1) is 13.2. The van der Waals surface area contributed by atoms with Gasteiger partial charge in [-0.3, -0.25) is 0 Å². The van der Waals surface area contributed by atoms with Crippen LogP contribution in [0.3, 0.4) is 0 Å². The van der Waals surface area contributed by atoms with Crippen LogP contribution in [0.4, 0.5) is 0 Å². The smallest absolute Gasteiger partial charge is 0.131 e. The Hall–Kier alpha value is -0.263. The van der Waals surface area contributed by atoms with E-state index in [4.69, 9.17) is 0 Å². The summed E-state index contributed by atoms with van der Waals surface area (Å²) in [6.07, 6.45) is 3.27. The van der Waals surface area contributed by atoms with E-state index < -0.39 is 13.7 Å². The number of hydrogen-bond donors (Lipinski definition) is 1. The topological polar surface area (TPSA) is 20.2 Å². The second-order valence-corrected chi connectivity index (χ2v) is 12.6. The average molecular weight is 250 g/mol. The van der Waals surface area contributed by atoms with Crippen LogP contribution in [-0.4, -0.2) is 18.8 Å². The second-order valence-electron chi connectivity index (χ2n) is 7.85. The number of aliphatic hydroxyl groups is 1. The highest BCUT2D eigenvalue weighted by molar-refractivity contribution is 6.83. The normalized spacial score (nSPS) is 43.4. The van der Waals surface area contributed by atoms with Gasteiger partial charge in [0.05, 0.1) is 0 Å². The molecule has 2 saturated carbocycles. The Labute approximate surface area is 107 Å². The molecule has 0 saturated heterocycles. The van der Waals surface area contributed by atoms with Crippen LogP contribution in [-0.2, 0) is 0 Å². The van der Waals surface area contributed by atoms with E-state index in [2.05, 4.69) is 51.9 Å². The molecule has 3 atom stereocenters. The van der Waals surface area contributed by atoms with Crippen LogP contribution in [0.25, 0.3) is 0 Å². The molecule has 0 aromatic rings. The molecule has 2 rings (SSSR count). The molecular weight excluding hydrogens is 224 g/mol. The third-order valence-corrected chi connectivity index (χ3v) is 6.41. The summed E-state index contributed by atoms with van der Waals surface area (Å²) >= 11 is 0. The molecule has 2 fully saturated rings. The summed E-state index contributed by atoms with van der Waals surface area (Å²) in [7, 11) is -1.40. The summed E-state index contributed by atoms with van der Waals surface area (Å²) in [4.78, 5) is 0. The first-order chi connectivity index (χ1) is 7.52. The van der Waals surface area contributed by atoms with Crippen molar-refractivity contribution in [1.29, 1.82) is 0 Å². The Balaban J connectivity index is 2.39. The van der Waals surface area contributed by atoms with Crippen LogP contribution in [0, 0.1) is 28.2 Å². The van der Waals surface area contributed by atoms with Gasteiger partial charge in [0.2, 0.25) is 0 Å². The second kappa shape index (κ2) is 3.39. The summed E-state index contributed by atoms with van der Waals surface area (Å²) in [5.41, 5.74) is 2.87. The van der Waals surface area contributed by atoms with E-state index in [9.17, 15) is 5.11 Å². The van der Waals surface area contributed by atoms with Gasteiger partial charge in [0.15, 0.2) is 0 Å².